The molecule has 0 bridgehead atoms. The monoisotopic (exact) mass is 292 g/mol. The lowest BCUT2D eigenvalue weighted by Gasteiger charge is -2.18. The van der Waals surface area contributed by atoms with Crippen LogP contribution in [0.5, 0.6) is 0 Å². The van der Waals surface area contributed by atoms with Crippen LogP contribution in [0.25, 0.3) is 0 Å². The minimum Gasteiger partial charge on any atom is -0.365 e. The van der Waals surface area contributed by atoms with E-state index >= 15 is 0 Å². The number of aromatic nitrogens is 2. The Balaban J connectivity index is 2.29. The smallest absolute Gasteiger partial charge is 0.295 e. The van der Waals surface area contributed by atoms with Crippen molar-refractivity contribution in [1.29, 1.82) is 0 Å². The van der Waals surface area contributed by atoms with Crippen LogP contribution < -0.4 is 4.90 Å². The predicted octanol–water partition coefficient (Wildman–Crippen LogP) is 2.90. The maximum Gasteiger partial charge on any atom is 0.295 e. The van der Waals surface area contributed by atoms with Crippen molar-refractivity contribution >= 4 is 11.4 Å². The molecule has 0 unspecified atom stereocenters. The van der Waals surface area contributed by atoms with E-state index in [4.69, 9.17) is 0 Å². The molecule has 1 aromatic heterocycles. The minimum atomic E-state index is -0.617. The molecule has 0 saturated carbocycles. The van der Waals surface area contributed by atoms with Gasteiger partial charge >= 0.3 is 0 Å². The van der Waals surface area contributed by atoms with E-state index in [1.807, 2.05) is 24.7 Å². The van der Waals surface area contributed by atoms with Gasteiger partial charge in [0.05, 0.1) is 16.7 Å². The molecule has 0 N–H and O–H groups in total. The Kier molecular flexibility index (Phi) is 4.21. The summed E-state index contributed by atoms with van der Waals surface area (Å²) in [6, 6.07) is 3.59. The number of anilines is 1. The van der Waals surface area contributed by atoms with E-state index < -0.39 is 10.7 Å². The van der Waals surface area contributed by atoms with Crippen LogP contribution in [0.15, 0.2) is 24.4 Å². The number of nitro groups is 1. The van der Waals surface area contributed by atoms with Crippen LogP contribution in [-0.4, -0.2) is 21.8 Å². The van der Waals surface area contributed by atoms with Gasteiger partial charge in [0.15, 0.2) is 0 Å². The quantitative estimate of drug-likeness (QED) is 0.628. The predicted molar refractivity (Wildman–Crippen MR) is 77.8 cm³/mol. The van der Waals surface area contributed by atoms with Gasteiger partial charge in [0, 0.05) is 31.9 Å². The first-order chi connectivity index (χ1) is 9.92. The van der Waals surface area contributed by atoms with Crippen molar-refractivity contribution in [1.82, 2.24) is 9.78 Å². The maximum atomic E-state index is 13.2. The van der Waals surface area contributed by atoms with Crippen LogP contribution in [-0.2, 0) is 13.1 Å². The average Bonchev–Trinajstić information content (AvgIpc) is 2.79. The number of halogens is 1. The molecular weight excluding hydrogens is 275 g/mol. The van der Waals surface area contributed by atoms with Crippen molar-refractivity contribution < 1.29 is 9.31 Å². The molecule has 1 aromatic carbocycles. The Morgan fingerprint density at radius 2 is 2.19 bits per heavy atom. The Hall–Kier alpha value is -2.44. The standard InChI is InChI=1S/C14H17FN4O2/c1-4-18-9-11(10(2)16-18)8-17(3)13-6-5-12(15)7-14(13)19(20)21/h5-7,9H,4,8H2,1-3H3. The summed E-state index contributed by atoms with van der Waals surface area (Å²) in [5.74, 6) is -0.617. The van der Waals surface area contributed by atoms with Crippen molar-refractivity contribution in [2.45, 2.75) is 26.9 Å². The lowest BCUT2D eigenvalue weighted by molar-refractivity contribution is -0.384. The fourth-order valence-corrected chi connectivity index (χ4v) is 2.18. The van der Waals surface area contributed by atoms with Crippen LogP contribution in [0.4, 0.5) is 15.8 Å². The van der Waals surface area contributed by atoms with E-state index in [-0.39, 0.29) is 5.69 Å². The molecular formula is C14H17FN4O2. The second kappa shape index (κ2) is 5.90. The van der Waals surface area contributed by atoms with Gasteiger partial charge in [0.1, 0.15) is 11.5 Å². The molecule has 7 heteroatoms. The number of rotatable bonds is 5. The summed E-state index contributed by atoms with van der Waals surface area (Å²) in [4.78, 5) is 12.2. The second-order valence-electron chi connectivity index (χ2n) is 4.84. The van der Waals surface area contributed by atoms with E-state index in [0.717, 1.165) is 23.9 Å². The van der Waals surface area contributed by atoms with Gasteiger partial charge in [0.25, 0.3) is 5.69 Å². The van der Waals surface area contributed by atoms with Gasteiger partial charge in [-0.2, -0.15) is 5.10 Å². The Morgan fingerprint density at radius 3 is 2.76 bits per heavy atom. The lowest BCUT2D eigenvalue weighted by atomic mass is 10.2. The Bertz CT molecular complexity index is 669. The summed E-state index contributed by atoms with van der Waals surface area (Å²) in [7, 11) is 1.74. The van der Waals surface area contributed by atoms with Gasteiger partial charge in [-0.25, -0.2) is 4.39 Å². The molecule has 0 amide bonds. The molecule has 2 aromatic rings. The molecule has 0 radical (unpaired) electrons. The highest BCUT2D eigenvalue weighted by Crippen LogP contribution is 2.29. The summed E-state index contributed by atoms with van der Waals surface area (Å²) in [6.07, 6.45) is 1.92. The van der Waals surface area contributed by atoms with Gasteiger partial charge in [-0.3, -0.25) is 14.8 Å². The highest BCUT2D eigenvalue weighted by atomic mass is 19.1. The minimum absolute atomic E-state index is 0.238. The van der Waals surface area contributed by atoms with Crippen molar-refractivity contribution in [2.75, 3.05) is 11.9 Å². The summed E-state index contributed by atoms with van der Waals surface area (Å²) >= 11 is 0. The second-order valence-corrected chi connectivity index (χ2v) is 4.84. The number of benzene rings is 1. The molecule has 0 aliphatic rings. The van der Waals surface area contributed by atoms with Crippen LogP contribution in [0.3, 0.4) is 0 Å². The lowest BCUT2D eigenvalue weighted by Crippen LogP contribution is -2.18. The Morgan fingerprint density at radius 1 is 1.48 bits per heavy atom. The first-order valence-corrected chi connectivity index (χ1v) is 6.60. The van der Waals surface area contributed by atoms with Gasteiger partial charge in [0.2, 0.25) is 0 Å². The molecule has 21 heavy (non-hydrogen) atoms. The van der Waals surface area contributed by atoms with Gasteiger partial charge in [-0.05, 0) is 26.0 Å². The third-order valence-electron chi connectivity index (χ3n) is 3.32. The molecule has 1 heterocycles. The molecule has 0 aliphatic carbocycles. The van der Waals surface area contributed by atoms with Crippen LogP contribution in [0, 0.1) is 22.9 Å². The summed E-state index contributed by atoms with van der Waals surface area (Å²) in [5, 5.41) is 15.4. The summed E-state index contributed by atoms with van der Waals surface area (Å²) in [5.41, 5.74) is 2.01. The van der Waals surface area contributed by atoms with Gasteiger partial charge in [-0.1, -0.05) is 0 Å². The van der Waals surface area contributed by atoms with E-state index in [2.05, 4.69) is 5.10 Å². The summed E-state index contributed by atoms with van der Waals surface area (Å²) in [6.45, 7) is 5.12. The van der Waals surface area contributed by atoms with Crippen molar-refractivity contribution in [3.05, 3.63) is 51.6 Å². The van der Waals surface area contributed by atoms with Crippen LogP contribution in [0.1, 0.15) is 18.2 Å². The van der Waals surface area contributed by atoms with Gasteiger partial charge < -0.3 is 4.90 Å². The fourth-order valence-electron chi connectivity index (χ4n) is 2.18. The number of nitrogens with zero attached hydrogens (tertiary/aromatic N) is 4. The van der Waals surface area contributed by atoms with Crippen molar-refractivity contribution in [3.63, 3.8) is 0 Å². The number of hydrogen-bond acceptors (Lipinski definition) is 4. The zero-order valence-electron chi connectivity index (χ0n) is 12.2. The molecule has 0 spiro atoms. The topological polar surface area (TPSA) is 64.2 Å². The first kappa shape index (κ1) is 15.0. The zero-order chi connectivity index (χ0) is 15.6. The third kappa shape index (κ3) is 3.18. The highest BCUT2D eigenvalue weighted by molar-refractivity contribution is 5.63. The number of nitro benzene ring substituents is 1. The van der Waals surface area contributed by atoms with E-state index in [0.29, 0.717) is 12.2 Å². The van der Waals surface area contributed by atoms with Crippen LogP contribution in [0.2, 0.25) is 0 Å². The molecule has 0 fully saturated rings. The molecule has 6 nitrogen and oxygen atoms in total. The van der Waals surface area contributed by atoms with E-state index in [1.54, 1.807) is 11.9 Å². The first-order valence-electron chi connectivity index (χ1n) is 6.60. The van der Waals surface area contributed by atoms with Crippen LogP contribution >= 0.6 is 0 Å². The summed E-state index contributed by atoms with van der Waals surface area (Å²) < 4.78 is 15.0. The van der Waals surface area contributed by atoms with Crippen molar-refractivity contribution in [3.8, 4) is 0 Å². The van der Waals surface area contributed by atoms with Gasteiger partial charge in [-0.15, -0.1) is 0 Å². The molecule has 2 rings (SSSR count). The fraction of sp³-hybridized carbons (Fsp3) is 0.357. The number of hydrogen-bond donors (Lipinski definition) is 0. The SMILES string of the molecule is CCn1cc(CN(C)c2ccc(F)cc2[N+](=O)[O-])c(C)n1. The molecule has 0 atom stereocenters. The molecule has 112 valence electrons. The largest absolute Gasteiger partial charge is 0.365 e. The zero-order valence-corrected chi connectivity index (χ0v) is 12.2. The van der Waals surface area contributed by atoms with E-state index in [1.165, 1.54) is 12.1 Å². The Labute approximate surface area is 121 Å². The third-order valence-corrected chi connectivity index (χ3v) is 3.32. The van der Waals surface area contributed by atoms with Crippen molar-refractivity contribution in [2.24, 2.45) is 0 Å². The number of aryl methyl sites for hydroxylation is 2. The maximum absolute atomic E-state index is 13.2. The highest BCUT2D eigenvalue weighted by Gasteiger charge is 2.19. The normalized spacial score (nSPS) is 10.7. The van der Waals surface area contributed by atoms with E-state index in [9.17, 15) is 14.5 Å². The molecule has 0 saturated heterocycles. The average molecular weight is 292 g/mol. The molecule has 0 aliphatic heterocycles.